The molecule has 0 spiro atoms. The van der Waals surface area contributed by atoms with Gasteiger partial charge in [0.1, 0.15) is 0 Å². The molecule has 128 valence electrons. The number of fused-ring (bicyclic) bond motifs is 1. The van der Waals surface area contributed by atoms with Gasteiger partial charge in [-0.2, -0.15) is 5.10 Å². The second kappa shape index (κ2) is 6.10. The fraction of sp³-hybridized carbons (Fsp3) is 0.450. The molecule has 0 bridgehead atoms. The summed E-state index contributed by atoms with van der Waals surface area (Å²) in [6.45, 7) is 13.7. The first kappa shape index (κ1) is 16.8. The van der Waals surface area contributed by atoms with Crippen LogP contribution in [0.15, 0.2) is 18.2 Å². The molecule has 4 heteroatoms. The van der Waals surface area contributed by atoms with Crippen molar-refractivity contribution in [1.29, 1.82) is 0 Å². The third-order valence-corrected chi connectivity index (χ3v) is 5.31. The summed E-state index contributed by atoms with van der Waals surface area (Å²) in [5, 5.41) is 16.5. The van der Waals surface area contributed by atoms with Crippen LogP contribution in [0, 0.1) is 41.5 Å². The topological polar surface area (TPSA) is 43.0 Å². The highest BCUT2D eigenvalue weighted by atomic mass is 16.3. The van der Waals surface area contributed by atoms with Gasteiger partial charge in [0.25, 0.3) is 0 Å². The Kier molecular flexibility index (Phi) is 4.26. The maximum Gasteiger partial charge on any atom is 0.0914 e. The van der Waals surface area contributed by atoms with Gasteiger partial charge in [0, 0.05) is 22.3 Å². The molecule has 24 heavy (non-hydrogen) atoms. The Labute approximate surface area is 143 Å². The highest BCUT2D eigenvalue weighted by Crippen LogP contribution is 2.26. The number of hydrogen-bond donors (Lipinski definition) is 1. The number of aromatic nitrogens is 3. The summed E-state index contributed by atoms with van der Waals surface area (Å²) < 4.78 is 4.15. The summed E-state index contributed by atoms with van der Waals surface area (Å²) in [4.78, 5) is 0. The van der Waals surface area contributed by atoms with E-state index in [0.29, 0.717) is 13.1 Å². The van der Waals surface area contributed by atoms with Crippen molar-refractivity contribution < 1.29 is 5.11 Å². The lowest BCUT2D eigenvalue weighted by Crippen LogP contribution is -2.24. The number of aliphatic hydroxyl groups excluding tert-OH is 1. The zero-order chi connectivity index (χ0) is 17.6. The van der Waals surface area contributed by atoms with Crippen LogP contribution in [0.1, 0.15) is 33.8 Å². The van der Waals surface area contributed by atoms with Crippen LogP contribution in [0.3, 0.4) is 0 Å². The molecular formula is C20H27N3O. The van der Waals surface area contributed by atoms with E-state index in [1.165, 1.54) is 33.3 Å². The third-order valence-electron chi connectivity index (χ3n) is 5.31. The maximum atomic E-state index is 10.6. The fourth-order valence-corrected chi connectivity index (χ4v) is 3.43. The van der Waals surface area contributed by atoms with Gasteiger partial charge >= 0.3 is 0 Å². The molecule has 2 aromatic heterocycles. The predicted octanol–water partition coefficient (Wildman–Crippen LogP) is 3.75. The predicted molar refractivity (Wildman–Crippen MR) is 98.6 cm³/mol. The Bertz CT molecular complexity index is 902. The summed E-state index contributed by atoms with van der Waals surface area (Å²) in [5.74, 6) is 0. The molecule has 0 saturated heterocycles. The molecule has 0 radical (unpaired) electrons. The zero-order valence-corrected chi connectivity index (χ0v) is 15.5. The van der Waals surface area contributed by atoms with Gasteiger partial charge in [0.15, 0.2) is 0 Å². The number of hydrogen-bond acceptors (Lipinski definition) is 2. The smallest absolute Gasteiger partial charge is 0.0914 e. The van der Waals surface area contributed by atoms with E-state index in [1.54, 1.807) is 0 Å². The van der Waals surface area contributed by atoms with Gasteiger partial charge in [0.2, 0.25) is 0 Å². The van der Waals surface area contributed by atoms with Gasteiger partial charge in [-0.25, -0.2) is 0 Å². The van der Waals surface area contributed by atoms with E-state index in [4.69, 9.17) is 0 Å². The zero-order valence-electron chi connectivity index (χ0n) is 15.5. The first-order chi connectivity index (χ1) is 11.3. The molecule has 0 aliphatic rings. The monoisotopic (exact) mass is 325 g/mol. The van der Waals surface area contributed by atoms with Crippen molar-refractivity contribution in [2.75, 3.05) is 0 Å². The second-order valence-corrected chi connectivity index (χ2v) is 6.97. The average molecular weight is 325 g/mol. The lowest BCUT2D eigenvalue weighted by Gasteiger charge is -2.16. The average Bonchev–Trinajstić information content (AvgIpc) is 2.90. The van der Waals surface area contributed by atoms with Gasteiger partial charge in [-0.1, -0.05) is 11.6 Å². The number of benzene rings is 1. The molecule has 3 aromatic rings. The van der Waals surface area contributed by atoms with Crippen molar-refractivity contribution in [3.05, 3.63) is 52.0 Å². The van der Waals surface area contributed by atoms with Crippen molar-refractivity contribution in [3.8, 4) is 0 Å². The van der Waals surface area contributed by atoms with Crippen LogP contribution in [0.2, 0.25) is 0 Å². The van der Waals surface area contributed by atoms with Crippen molar-refractivity contribution in [2.24, 2.45) is 0 Å². The van der Waals surface area contributed by atoms with Crippen LogP contribution < -0.4 is 0 Å². The van der Waals surface area contributed by atoms with Crippen LogP contribution in [0.4, 0.5) is 0 Å². The molecular weight excluding hydrogens is 298 g/mol. The van der Waals surface area contributed by atoms with E-state index >= 15 is 0 Å². The standard InChI is InChI=1S/C20H27N3O/c1-12-7-8-20-19(9-12)14(3)16(5)22(20)10-18(24)11-23-17(6)13(2)15(4)21-23/h7-9,18,24H,10-11H2,1-6H3. The van der Waals surface area contributed by atoms with Crippen molar-refractivity contribution in [2.45, 2.75) is 60.7 Å². The van der Waals surface area contributed by atoms with Gasteiger partial charge in [-0.15, -0.1) is 0 Å². The molecule has 0 amide bonds. The van der Waals surface area contributed by atoms with Crippen molar-refractivity contribution in [3.63, 3.8) is 0 Å². The highest BCUT2D eigenvalue weighted by molar-refractivity contribution is 5.85. The lowest BCUT2D eigenvalue weighted by atomic mass is 10.1. The Morgan fingerprint density at radius 2 is 1.67 bits per heavy atom. The van der Waals surface area contributed by atoms with E-state index in [1.807, 2.05) is 11.6 Å². The minimum Gasteiger partial charge on any atom is -0.389 e. The van der Waals surface area contributed by atoms with Crippen LogP contribution in [-0.2, 0) is 13.1 Å². The Morgan fingerprint density at radius 3 is 2.29 bits per heavy atom. The maximum absolute atomic E-state index is 10.6. The molecule has 0 saturated carbocycles. The molecule has 1 aromatic carbocycles. The van der Waals surface area contributed by atoms with Crippen LogP contribution in [-0.4, -0.2) is 25.6 Å². The van der Waals surface area contributed by atoms with Gasteiger partial charge in [0.05, 0.1) is 24.9 Å². The number of nitrogens with zero attached hydrogens (tertiary/aromatic N) is 3. The molecule has 1 atom stereocenters. The fourth-order valence-electron chi connectivity index (χ4n) is 3.43. The SMILES string of the molecule is Cc1ccc2c(c1)c(C)c(C)n2CC(O)Cn1nc(C)c(C)c1C. The van der Waals surface area contributed by atoms with Crippen LogP contribution >= 0.6 is 0 Å². The Hall–Kier alpha value is -2.07. The van der Waals surface area contributed by atoms with Gasteiger partial charge < -0.3 is 9.67 Å². The molecule has 1 N–H and O–H groups in total. The van der Waals surface area contributed by atoms with Gasteiger partial charge in [-0.3, -0.25) is 4.68 Å². The molecule has 3 rings (SSSR count). The minimum absolute atomic E-state index is 0.475. The largest absolute Gasteiger partial charge is 0.389 e. The second-order valence-electron chi connectivity index (χ2n) is 6.97. The highest BCUT2D eigenvalue weighted by Gasteiger charge is 2.16. The summed E-state index contributed by atoms with van der Waals surface area (Å²) in [7, 11) is 0. The van der Waals surface area contributed by atoms with E-state index in [0.717, 1.165) is 11.4 Å². The quantitative estimate of drug-likeness (QED) is 0.794. The van der Waals surface area contributed by atoms with Crippen molar-refractivity contribution >= 4 is 10.9 Å². The summed E-state index contributed by atoms with van der Waals surface area (Å²) in [6.07, 6.45) is -0.475. The Balaban J connectivity index is 1.89. The van der Waals surface area contributed by atoms with Crippen LogP contribution in [0.25, 0.3) is 10.9 Å². The van der Waals surface area contributed by atoms with E-state index in [9.17, 15) is 5.11 Å². The summed E-state index contributed by atoms with van der Waals surface area (Å²) in [5.41, 5.74) is 8.35. The molecule has 0 fully saturated rings. The molecule has 0 aliphatic heterocycles. The molecule has 0 aliphatic carbocycles. The normalized spacial score (nSPS) is 13.0. The van der Waals surface area contributed by atoms with E-state index in [2.05, 4.69) is 62.5 Å². The lowest BCUT2D eigenvalue weighted by molar-refractivity contribution is 0.130. The first-order valence-corrected chi connectivity index (χ1v) is 8.54. The molecule has 4 nitrogen and oxygen atoms in total. The van der Waals surface area contributed by atoms with E-state index < -0.39 is 6.10 Å². The first-order valence-electron chi connectivity index (χ1n) is 8.54. The van der Waals surface area contributed by atoms with Crippen LogP contribution in [0.5, 0.6) is 0 Å². The van der Waals surface area contributed by atoms with Gasteiger partial charge in [-0.05, 0) is 64.8 Å². The Morgan fingerprint density at radius 1 is 0.958 bits per heavy atom. The summed E-state index contributed by atoms with van der Waals surface area (Å²) in [6, 6.07) is 6.52. The number of rotatable bonds is 4. The molecule has 1 unspecified atom stereocenters. The third kappa shape index (κ3) is 2.75. The van der Waals surface area contributed by atoms with Crippen molar-refractivity contribution in [1.82, 2.24) is 14.3 Å². The number of aliphatic hydroxyl groups is 1. The van der Waals surface area contributed by atoms with E-state index in [-0.39, 0.29) is 0 Å². The molecule has 2 heterocycles. The summed E-state index contributed by atoms with van der Waals surface area (Å²) >= 11 is 0. The minimum atomic E-state index is -0.475. The number of aryl methyl sites for hydroxylation is 3.